The zero-order valence-corrected chi connectivity index (χ0v) is 10.7. The Labute approximate surface area is 110 Å². The lowest BCUT2D eigenvalue weighted by Crippen LogP contribution is -2.35. The number of nitro groups is 1. The normalized spacial score (nSPS) is 9.83. The van der Waals surface area contributed by atoms with Gasteiger partial charge in [-0.3, -0.25) is 14.9 Å². The number of rotatable bonds is 4. The van der Waals surface area contributed by atoms with Crippen molar-refractivity contribution in [3.05, 3.63) is 34.4 Å². The number of halogens is 1. The van der Waals surface area contributed by atoms with Crippen molar-refractivity contribution in [2.75, 3.05) is 10.2 Å². The first-order chi connectivity index (χ1) is 8.47. The Morgan fingerprint density at radius 2 is 1.89 bits per heavy atom. The number of nitrogens with zero attached hydrogens (tertiary/aromatic N) is 2. The second-order valence-corrected chi connectivity index (χ2v) is 4.02. The highest BCUT2D eigenvalue weighted by Gasteiger charge is 2.22. The molecule has 0 aromatic heterocycles. The maximum absolute atomic E-state index is 11.6. The molecule has 0 aliphatic carbocycles. The van der Waals surface area contributed by atoms with Crippen molar-refractivity contribution in [2.24, 2.45) is 0 Å². The summed E-state index contributed by atoms with van der Waals surface area (Å²) in [6.07, 6.45) is -1.40. The lowest BCUT2D eigenvalue weighted by molar-refractivity contribution is -0.384. The van der Waals surface area contributed by atoms with Crippen LogP contribution in [0.25, 0.3) is 0 Å². The van der Waals surface area contributed by atoms with Crippen LogP contribution < -0.4 is 4.90 Å². The molecular formula is C10H9BrN2O5. The van der Waals surface area contributed by atoms with Crippen LogP contribution in [0.2, 0.25) is 0 Å². The number of benzene rings is 1. The maximum Gasteiger partial charge on any atom is 0.418 e. The van der Waals surface area contributed by atoms with Crippen molar-refractivity contribution in [3.63, 3.8) is 0 Å². The van der Waals surface area contributed by atoms with Crippen molar-refractivity contribution >= 4 is 39.3 Å². The Bertz CT molecular complexity index is 474. The Kier molecular flexibility index (Phi) is 4.78. The van der Waals surface area contributed by atoms with Crippen LogP contribution in [0.15, 0.2) is 24.3 Å². The molecule has 8 heteroatoms. The molecule has 96 valence electrons. The molecular weight excluding hydrogens is 308 g/mol. The molecule has 0 heterocycles. The van der Waals surface area contributed by atoms with Gasteiger partial charge in [-0.25, -0.2) is 9.69 Å². The number of hydrogen-bond acceptors (Lipinski definition) is 4. The van der Waals surface area contributed by atoms with Crippen LogP contribution in [0.3, 0.4) is 0 Å². The molecule has 0 aliphatic rings. The number of carbonyl (C=O) groups is 2. The van der Waals surface area contributed by atoms with E-state index in [2.05, 4.69) is 15.9 Å². The molecule has 2 amide bonds. The van der Waals surface area contributed by atoms with E-state index in [1.165, 1.54) is 12.1 Å². The maximum atomic E-state index is 11.6. The largest absolute Gasteiger partial charge is 0.464 e. The van der Waals surface area contributed by atoms with Crippen molar-refractivity contribution in [3.8, 4) is 0 Å². The Hall–Kier alpha value is -1.96. The number of imide groups is 1. The van der Waals surface area contributed by atoms with Crippen LogP contribution in [-0.2, 0) is 4.79 Å². The summed E-state index contributed by atoms with van der Waals surface area (Å²) in [7, 11) is 0. The SMILES string of the molecule is O=C(O)N(C(=O)CCBr)c1ccc([N+](=O)[O-])cc1. The minimum Gasteiger partial charge on any atom is -0.464 e. The minimum absolute atomic E-state index is 0.0172. The summed E-state index contributed by atoms with van der Waals surface area (Å²) in [4.78, 5) is 33.0. The molecule has 7 nitrogen and oxygen atoms in total. The third-order valence-corrected chi connectivity index (χ3v) is 2.46. The number of alkyl halides is 1. The number of non-ortho nitro benzene ring substituents is 1. The molecule has 1 N–H and O–H groups in total. The Balaban J connectivity index is 3.03. The highest BCUT2D eigenvalue weighted by Crippen LogP contribution is 2.20. The van der Waals surface area contributed by atoms with Crippen LogP contribution in [-0.4, -0.2) is 27.4 Å². The monoisotopic (exact) mass is 316 g/mol. The number of carbonyl (C=O) groups excluding carboxylic acids is 1. The van der Waals surface area contributed by atoms with Gasteiger partial charge in [0.05, 0.1) is 10.6 Å². The van der Waals surface area contributed by atoms with E-state index >= 15 is 0 Å². The van der Waals surface area contributed by atoms with Crippen LogP contribution in [0.4, 0.5) is 16.2 Å². The predicted octanol–water partition coefficient (Wildman–Crippen LogP) is 2.39. The summed E-state index contributed by atoms with van der Waals surface area (Å²) in [6, 6.07) is 4.73. The topological polar surface area (TPSA) is 101 Å². The standard InChI is InChI=1S/C10H9BrN2O5/c11-6-5-9(14)12(10(15)16)7-1-3-8(4-2-7)13(17)18/h1-4H,5-6H2,(H,15,16). The molecule has 1 rings (SSSR count). The van der Waals surface area contributed by atoms with E-state index in [1.54, 1.807) is 0 Å². The summed E-state index contributed by atoms with van der Waals surface area (Å²) in [5, 5.41) is 19.7. The number of hydrogen-bond donors (Lipinski definition) is 1. The molecule has 0 saturated carbocycles. The second-order valence-electron chi connectivity index (χ2n) is 3.22. The van der Waals surface area contributed by atoms with Crippen LogP contribution in [0.1, 0.15) is 6.42 Å². The third-order valence-electron chi connectivity index (χ3n) is 2.07. The van der Waals surface area contributed by atoms with Gasteiger partial charge >= 0.3 is 6.09 Å². The number of amides is 2. The van der Waals surface area contributed by atoms with Crippen LogP contribution in [0.5, 0.6) is 0 Å². The van der Waals surface area contributed by atoms with Gasteiger partial charge in [0.2, 0.25) is 5.91 Å². The van der Waals surface area contributed by atoms with E-state index in [0.29, 0.717) is 10.2 Å². The van der Waals surface area contributed by atoms with Gasteiger partial charge < -0.3 is 5.11 Å². The van der Waals surface area contributed by atoms with Gasteiger partial charge in [0.25, 0.3) is 5.69 Å². The van der Waals surface area contributed by atoms with Crippen molar-refractivity contribution < 1.29 is 19.6 Å². The van der Waals surface area contributed by atoms with E-state index in [4.69, 9.17) is 5.11 Å². The third kappa shape index (κ3) is 3.27. The molecule has 0 atom stereocenters. The van der Waals surface area contributed by atoms with Crippen molar-refractivity contribution in [2.45, 2.75) is 6.42 Å². The van der Waals surface area contributed by atoms with Gasteiger partial charge in [-0.1, -0.05) is 15.9 Å². The highest BCUT2D eigenvalue weighted by molar-refractivity contribution is 9.09. The van der Waals surface area contributed by atoms with Crippen molar-refractivity contribution in [1.82, 2.24) is 0 Å². The molecule has 0 fully saturated rings. The molecule has 1 aromatic carbocycles. The van der Waals surface area contributed by atoms with Gasteiger partial charge in [-0.15, -0.1) is 0 Å². The van der Waals surface area contributed by atoms with Crippen LogP contribution >= 0.6 is 15.9 Å². The van der Waals surface area contributed by atoms with E-state index in [1.807, 2.05) is 0 Å². The number of anilines is 1. The molecule has 0 radical (unpaired) electrons. The lowest BCUT2D eigenvalue weighted by atomic mass is 10.2. The molecule has 0 aliphatic heterocycles. The predicted molar refractivity (Wildman–Crippen MR) is 67.0 cm³/mol. The number of nitro benzene ring substituents is 1. The summed E-state index contributed by atoms with van der Waals surface area (Å²) >= 11 is 3.04. The fourth-order valence-electron chi connectivity index (χ4n) is 1.28. The van der Waals surface area contributed by atoms with Crippen LogP contribution in [0, 0.1) is 10.1 Å². The summed E-state index contributed by atoms with van der Waals surface area (Å²) in [5.74, 6) is -0.603. The first-order valence-corrected chi connectivity index (χ1v) is 5.96. The quantitative estimate of drug-likeness (QED) is 0.522. The minimum atomic E-state index is -1.42. The van der Waals surface area contributed by atoms with E-state index in [0.717, 1.165) is 12.1 Å². The highest BCUT2D eigenvalue weighted by atomic mass is 79.9. The summed E-state index contributed by atoms with van der Waals surface area (Å²) in [5.41, 5.74) is -0.0870. The van der Waals surface area contributed by atoms with E-state index in [9.17, 15) is 19.7 Å². The fourth-order valence-corrected chi connectivity index (χ4v) is 1.62. The van der Waals surface area contributed by atoms with Gasteiger partial charge in [-0.05, 0) is 12.1 Å². The lowest BCUT2D eigenvalue weighted by Gasteiger charge is -2.16. The van der Waals surface area contributed by atoms with E-state index in [-0.39, 0.29) is 17.8 Å². The van der Waals surface area contributed by atoms with Gasteiger partial charge in [-0.2, -0.15) is 0 Å². The first kappa shape index (κ1) is 14.1. The molecule has 1 aromatic rings. The van der Waals surface area contributed by atoms with Gasteiger partial charge in [0.15, 0.2) is 0 Å². The summed E-state index contributed by atoms with van der Waals surface area (Å²) in [6.45, 7) is 0. The molecule has 0 spiro atoms. The van der Waals surface area contributed by atoms with Gasteiger partial charge in [0, 0.05) is 23.9 Å². The number of carboxylic acid groups (broad SMARTS) is 1. The first-order valence-electron chi connectivity index (χ1n) is 4.83. The second kappa shape index (κ2) is 6.10. The van der Waals surface area contributed by atoms with Gasteiger partial charge in [0.1, 0.15) is 0 Å². The molecule has 0 unspecified atom stereocenters. The molecule has 0 saturated heterocycles. The van der Waals surface area contributed by atoms with Crippen molar-refractivity contribution in [1.29, 1.82) is 0 Å². The zero-order valence-electron chi connectivity index (χ0n) is 9.08. The smallest absolute Gasteiger partial charge is 0.418 e. The average Bonchev–Trinajstić information content (AvgIpc) is 2.29. The fraction of sp³-hybridized carbons (Fsp3) is 0.200. The Morgan fingerprint density at radius 3 is 2.28 bits per heavy atom. The summed E-state index contributed by atoms with van der Waals surface area (Å²) < 4.78 is 0. The average molecular weight is 317 g/mol. The molecule has 0 bridgehead atoms. The Morgan fingerprint density at radius 1 is 1.33 bits per heavy atom. The molecule has 18 heavy (non-hydrogen) atoms. The zero-order chi connectivity index (χ0) is 13.7. The van der Waals surface area contributed by atoms with E-state index < -0.39 is 16.9 Å².